The zero-order chi connectivity index (χ0) is 16.5. The molecule has 0 aliphatic heterocycles. The van der Waals surface area contributed by atoms with Crippen LogP contribution in [-0.2, 0) is 21.9 Å². The van der Waals surface area contributed by atoms with Crippen LogP contribution in [0.5, 0.6) is 11.5 Å². The molecule has 0 bridgehead atoms. The minimum absolute atomic E-state index is 0. The zero-order valence-corrected chi connectivity index (χ0v) is 13.5. The Hall–Kier alpha value is -2.05. The third kappa shape index (κ3) is 5.92. The van der Waals surface area contributed by atoms with E-state index in [0.717, 1.165) is 0 Å². The standard InChI is InChI=1S/C14H12O4.C2H8N2.Fe/c15-11-7-3-1-5-9(11)13(14(17)18)10-6-2-4-8-12(10)16;3-1-2-4;/h1-8,13,15-16H,(H,17,18);1-4H2;. The molecule has 0 saturated heterocycles. The molecular weight excluding hydrogens is 340 g/mol. The number of benzene rings is 2. The summed E-state index contributed by atoms with van der Waals surface area (Å²) >= 11 is 0. The van der Waals surface area contributed by atoms with Crippen molar-refractivity contribution in [1.82, 2.24) is 0 Å². The van der Waals surface area contributed by atoms with Gasteiger partial charge < -0.3 is 26.8 Å². The largest absolute Gasteiger partial charge is 0.508 e. The molecule has 7 N–H and O–H groups in total. The molecule has 0 fully saturated rings. The smallest absolute Gasteiger partial charge is 0.315 e. The molecule has 6 nitrogen and oxygen atoms in total. The Balaban J connectivity index is 0.000000871. The van der Waals surface area contributed by atoms with Crippen molar-refractivity contribution >= 4 is 5.97 Å². The molecule has 23 heavy (non-hydrogen) atoms. The van der Waals surface area contributed by atoms with Crippen molar-refractivity contribution < 1.29 is 37.2 Å². The Morgan fingerprint density at radius 1 is 0.870 bits per heavy atom. The summed E-state index contributed by atoms with van der Waals surface area (Å²) < 4.78 is 0. The number of phenols is 2. The van der Waals surface area contributed by atoms with Crippen LogP contribution in [0.2, 0.25) is 0 Å². The fourth-order valence-electron chi connectivity index (χ4n) is 1.90. The Morgan fingerprint density at radius 2 is 1.22 bits per heavy atom. The third-order valence-electron chi connectivity index (χ3n) is 2.91. The van der Waals surface area contributed by atoms with Gasteiger partial charge in [0.25, 0.3) is 0 Å². The maximum Gasteiger partial charge on any atom is 0.315 e. The van der Waals surface area contributed by atoms with E-state index in [4.69, 9.17) is 11.5 Å². The van der Waals surface area contributed by atoms with E-state index in [9.17, 15) is 20.1 Å². The summed E-state index contributed by atoms with van der Waals surface area (Å²) in [7, 11) is 0. The molecule has 0 aliphatic carbocycles. The molecular formula is C16H20FeN2O4. The van der Waals surface area contributed by atoms with Gasteiger partial charge in [0.1, 0.15) is 17.4 Å². The molecule has 2 rings (SSSR count). The van der Waals surface area contributed by atoms with Crippen LogP contribution in [0.3, 0.4) is 0 Å². The quantitative estimate of drug-likeness (QED) is 0.521. The summed E-state index contributed by atoms with van der Waals surface area (Å²) in [6, 6.07) is 12.4. The summed E-state index contributed by atoms with van der Waals surface area (Å²) in [5.41, 5.74) is 10.3. The normalized spacial score (nSPS) is 9.52. The maximum absolute atomic E-state index is 11.4. The maximum atomic E-state index is 11.4. The molecule has 0 heterocycles. The summed E-state index contributed by atoms with van der Waals surface area (Å²) in [5.74, 6) is -2.42. The van der Waals surface area contributed by atoms with Gasteiger partial charge in [-0.3, -0.25) is 4.79 Å². The van der Waals surface area contributed by atoms with Crippen LogP contribution >= 0.6 is 0 Å². The Bertz CT molecular complexity index is 575. The number of rotatable bonds is 4. The monoisotopic (exact) mass is 360 g/mol. The van der Waals surface area contributed by atoms with Crippen molar-refractivity contribution in [1.29, 1.82) is 0 Å². The van der Waals surface area contributed by atoms with Crippen molar-refractivity contribution in [3.8, 4) is 11.5 Å². The summed E-state index contributed by atoms with van der Waals surface area (Å²) in [6.07, 6.45) is 0. The van der Waals surface area contributed by atoms with E-state index in [1.165, 1.54) is 24.3 Å². The first-order valence-electron chi connectivity index (χ1n) is 6.71. The number of hydrogen-bond acceptors (Lipinski definition) is 5. The van der Waals surface area contributed by atoms with Gasteiger partial charge in [0.2, 0.25) is 0 Å². The summed E-state index contributed by atoms with van der Waals surface area (Å²) in [4.78, 5) is 11.4. The fourth-order valence-corrected chi connectivity index (χ4v) is 1.90. The van der Waals surface area contributed by atoms with Crippen LogP contribution < -0.4 is 11.5 Å². The van der Waals surface area contributed by atoms with Crippen molar-refractivity contribution in [2.75, 3.05) is 13.1 Å². The van der Waals surface area contributed by atoms with Crippen molar-refractivity contribution in [3.63, 3.8) is 0 Å². The number of hydrogen-bond donors (Lipinski definition) is 5. The minimum atomic E-state index is -1.13. The van der Waals surface area contributed by atoms with E-state index >= 15 is 0 Å². The van der Waals surface area contributed by atoms with Crippen LogP contribution in [0.1, 0.15) is 17.0 Å². The van der Waals surface area contributed by atoms with Gasteiger partial charge in [0, 0.05) is 41.3 Å². The van der Waals surface area contributed by atoms with E-state index < -0.39 is 11.9 Å². The first kappa shape index (κ1) is 20.9. The second kappa shape index (κ2) is 10.6. The van der Waals surface area contributed by atoms with Crippen molar-refractivity contribution in [2.24, 2.45) is 11.5 Å². The zero-order valence-electron chi connectivity index (χ0n) is 12.4. The van der Waals surface area contributed by atoms with Gasteiger partial charge in [-0.1, -0.05) is 36.4 Å². The molecule has 0 unspecified atom stereocenters. The number of nitrogens with two attached hydrogens (primary N) is 2. The Kier molecular flexibility index (Phi) is 9.69. The molecule has 0 radical (unpaired) electrons. The SMILES string of the molecule is NCCN.O=C(O)C(c1ccccc1O)c1ccccc1O.[Fe]. The Labute approximate surface area is 145 Å². The number of carboxylic acid groups (broad SMARTS) is 1. The fraction of sp³-hybridized carbons (Fsp3) is 0.188. The molecule has 2 aromatic rings. The number of carboxylic acids is 1. The molecule has 0 amide bonds. The minimum Gasteiger partial charge on any atom is -0.508 e. The molecule has 2 aromatic carbocycles. The van der Waals surface area contributed by atoms with Gasteiger partial charge in [-0.05, 0) is 12.1 Å². The van der Waals surface area contributed by atoms with E-state index in [0.29, 0.717) is 13.1 Å². The first-order valence-corrected chi connectivity index (χ1v) is 6.71. The number of aromatic hydroxyl groups is 2. The van der Waals surface area contributed by atoms with Crippen molar-refractivity contribution in [3.05, 3.63) is 59.7 Å². The van der Waals surface area contributed by atoms with Gasteiger partial charge in [0.15, 0.2) is 0 Å². The van der Waals surface area contributed by atoms with E-state index in [1.54, 1.807) is 24.3 Å². The van der Waals surface area contributed by atoms with E-state index in [1.807, 2.05) is 0 Å². The summed E-state index contributed by atoms with van der Waals surface area (Å²) in [5, 5.41) is 28.8. The molecule has 126 valence electrons. The van der Waals surface area contributed by atoms with Gasteiger partial charge in [-0.25, -0.2) is 0 Å². The predicted octanol–water partition coefficient (Wildman–Crippen LogP) is 1.22. The molecule has 0 aliphatic rings. The van der Waals surface area contributed by atoms with Crippen molar-refractivity contribution in [2.45, 2.75) is 5.92 Å². The average Bonchev–Trinajstić information content (AvgIpc) is 2.51. The third-order valence-corrected chi connectivity index (χ3v) is 2.91. The Morgan fingerprint density at radius 3 is 1.48 bits per heavy atom. The van der Waals surface area contributed by atoms with Crippen LogP contribution in [0.25, 0.3) is 0 Å². The molecule has 0 saturated carbocycles. The first-order chi connectivity index (χ1) is 10.5. The number of aliphatic carboxylic acids is 1. The van der Waals surface area contributed by atoms with Gasteiger partial charge >= 0.3 is 5.97 Å². The van der Waals surface area contributed by atoms with Gasteiger partial charge in [0.05, 0.1) is 0 Å². The van der Waals surface area contributed by atoms with Crippen LogP contribution in [-0.4, -0.2) is 34.4 Å². The van der Waals surface area contributed by atoms with Crippen LogP contribution in [0.15, 0.2) is 48.5 Å². The van der Waals surface area contributed by atoms with E-state index in [2.05, 4.69) is 0 Å². The van der Waals surface area contributed by atoms with Crippen LogP contribution in [0.4, 0.5) is 0 Å². The summed E-state index contributed by atoms with van der Waals surface area (Å²) in [6.45, 7) is 1.19. The average molecular weight is 360 g/mol. The number of carbonyl (C=O) groups is 1. The molecule has 7 heteroatoms. The molecule has 0 aromatic heterocycles. The second-order valence-corrected chi connectivity index (χ2v) is 4.47. The predicted molar refractivity (Wildman–Crippen MR) is 83.8 cm³/mol. The second-order valence-electron chi connectivity index (χ2n) is 4.47. The van der Waals surface area contributed by atoms with Gasteiger partial charge in [-0.15, -0.1) is 0 Å². The topological polar surface area (TPSA) is 130 Å². The van der Waals surface area contributed by atoms with Gasteiger partial charge in [-0.2, -0.15) is 0 Å². The molecule has 0 spiro atoms. The number of para-hydroxylation sites is 2. The van der Waals surface area contributed by atoms with E-state index in [-0.39, 0.29) is 39.7 Å². The number of phenolic OH excluding ortho intramolecular Hbond substituents is 2. The molecule has 0 atom stereocenters. The van der Waals surface area contributed by atoms with Crippen LogP contribution in [0, 0.1) is 0 Å².